The number of amides is 1. The van der Waals surface area contributed by atoms with Crippen molar-refractivity contribution in [1.29, 1.82) is 0 Å². The summed E-state index contributed by atoms with van der Waals surface area (Å²) in [6, 6.07) is 11.2. The van der Waals surface area contributed by atoms with Crippen LogP contribution in [0, 0.1) is 5.92 Å². The summed E-state index contributed by atoms with van der Waals surface area (Å²) >= 11 is 0. The molecule has 6 heteroatoms. The largest absolute Gasteiger partial charge is 0.497 e. The highest BCUT2D eigenvalue weighted by atomic mass is 16.5. The van der Waals surface area contributed by atoms with Gasteiger partial charge < -0.3 is 19.7 Å². The number of carbonyl (C=O) groups is 1. The van der Waals surface area contributed by atoms with Crippen molar-refractivity contribution in [2.75, 3.05) is 31.7 Å². The molecule has 0 atom stereocenters. The Morgan fingerprint density at radius 2 is 1.85 bits per heavy atom. The van der Waals surface area contributed by atoms with E-state index in [1.165, 1.54) is 12.8 Å². The van der Waals surface area contributed by atoms with E-state index in [0.717, 1.165) is 36.1 Å². The quantitative estimate of drug-likeness (QED) is 0.813. The third-order valence-corrected chi connectivity index (χ3v) is 4.84. The Kier molecular flexibility index (Phi) is 6.52. The lowest BCUT2D eigenvalue weighted by Crippen LogP contribution is -2.33. The standard InChI is InChI=1S/C21H27N3O3/c1-16-9-11-24(12-10-16)20-8-3-17(13-22-20)14-23-21(25)15-27-19-6-4-18(26-2)5-7-19/h3-8,13,16H,9-12,14-15H2,1-2H3,(H,23,25). The second-order valence-electron chi connectivity index (χ2n) is 6.94. The van der Waals surface area contributed by atoms with Gasteiger partial charge in [-0.2, -0.15) is 0 Å². The summed E-state index contributed by atoms with van der Waals surface area (Å²) in [6.07, 6.45) is 4.26. The van der Waals surface area contributed by atoms with Crippen LogP contribution >= 0.6 is 0 Å². The predicted molar refractivity (Wildman–Crippen MR) is 105 cm³/mol. The fourth-order valence-corrected chi connectivity index (χ4v) is 3.02. The number of methoxy groups -OCH3 is 1. The van der Waals surface area contributed by atoms with E-state index < -0.39 is 0 Å². The van der Waals surface area contributed by atoms with Crippen molar-refractivity contribution in [2.45, 2.75) is 26.3 Å². The molecule has 1 aromatic heterocycles. The number of pyridine rings is 1. The number of piperidine rings is 1. The van der Waals surface area contributed by atoms with Crippen LogP contribution in [0.4, 0.5) is 5.82 Å². The maximum absolute atomic E-state index is 12.0. The maximum Gasteiger partial charge on any atom is 0.258 e. The highest BCUT2D eigenvalue weighted by Crippen LogP contribution is 2.21. The molecule has 0 unspecified atom stereocenters. The molecule has 3 rings (SSSR count). The second kappa shape index (κ2) is 9.26. The van der Waals surface area contributed by atoms with E-state index in [1.807, 2.05) is 18.3 Å². The van der Waals surface area contributed by atoms with Gasteiger partial charge in [-0.15, -0.1) is 0 Å². The van der Waals surface area contributed by atoms with Gasteiger partial charge in [-0.3, -0.25) is 4.79 Å². The lowest BCUT2D eigenvalue weighted by molar-refractivity contribution is -0.123. The summed E-state index contributed by atoms with van der Waals surface area (Å²) in [5.74, 6) is 3.03. The molecule has 0 radical (unpaired) electrons. The normalized spacial score (nSPS) is 14.7. The summed E-state index contributed by atoms with van der Waals surface area (Å²) in [4.78, 5) is 18.8. The van der Waals surface area contributed by atoms with Crippen molar-refractivity contribution in [3.05, 3.63) is 48.2 Å². The van der Waals surface area contributed by atoms with Crippen molar-refractivity contribution >= 4 is 11.7 Å². The third kappa shape index (κ3) is 5.61. The number of rotatable bonds is 7. The van der Waals surface area contributed by atoms with Gasteiger partial charge in [0.2, 0.25) is 0 Å². The van der Waals surface area contributed by atoms with Crippen LogP contribution in [0.1, 0.15) is 25.3 Å². The van der Waals surface area contributed by atoms with Gasteiger partial charge in [-0.25, -0.2) is 4.98 Å². The van der Waals surface area contributed by atoms with Crippen molar-refractivity contribution in [3.63, 3.8) is 0 Å². The Hall–Kier alpha value is -2.76. The van der Waals surface area contributed by atoms with Crippen LogP contribution in [0.2, 0.25) is 0 Å². The van der Waals surface area contributed by atoms with Crippen LogP contribution in [-0.4, -0.2) is 37.7 Å². The summed E-state index contributed by atoms with van der Waals surface area (Å²) in [7, 11) is 1.61. The fourth-order valence-electron chi connectivity index (χ4n) is 3.02. The topological polar surface area (TPSA) is 63.7 Å². The van der Waals surface area contributed by atoms with Gasteiger partial charge in [-0.05, 0) is 54.7 Å². The predicted octanol–water partition coefficient (Wildman–Crippen LogP) is 3.02. The van der Waals surface area contributed by atoms with Crippen LogP contribution in [0.25, 0.3) is 0 Å². The minimum absolute atomic E-state index is 0.0240. The number of hydrogen-bond donors (Lipinski definition) is 1. The van der Waals surface area contributed by atoms with Crippen LogP contribution in [0.15, 0.2) is 42.6 Å². The fraction of sp³-hybridized carbons (Fsp3) is 0.429. The smallest absolute Gasteiger partial charge is 0.258 e. The minimum atomic E-state index is -0.167. The van der Waals surface area contributed by atoms with Gasteiger partial charge in [0, 0.05) is 25.8 Å². The van der Waals surface area contributed by atoms with Gasteiger partial charge in [0.1, 0.15) is 17.3 Å². The number of carbonyl (C=O) groups excluding carboxylic acids is 1. The molecule has 1 aliphatic heterocycles. The van der Waals surface area contributed by atoms with E-state index in [0.29, 0.717) is 12.3 Å². The van der Waals surface area contributed by atoms with E-state index in [-0.39, 0.29) is 12.5 Å². The first-order chi connectivity index (χ1) is 13.1. The van der Waals surface area contributed by atoms with Gasteiger partial charge in [0.25, 0.3) is 5.91 Å². The molecule has 1 aromatic carbocycles. The van der Waals surface area contributed by atoms with Gasteiger partial charge in [-0.1, -0.05) is 13.0 Å². The molecular formula is C21H27N3O3. The van der Waals surface area contributed by atoms with E-state index in [4.69, 9.17) is 9.47 Å². The number of aromatic nitrogens is 1. The van der Waals surface area contributed by atoms with Crippen molar-refractivity contribution in [3.8, 4) is 11.5 Å². The van der Waals surface area contributed by atoms with E-state index >= 15 is 0 Å². The summed E-state index contributed by atoms with van der Waals surface area (Å²) in [6.45, 7) is 4.84. The average molecular weight is 369 g/mol. The molecule has 144 valence electrons. The Bertz CT molecular complexity index is 723. The number of hydrogen-bond acceptors (Lipinski definition) is 5. The van der Waals surface area contributed by atoms with Crippen LogP contribution in [0.5, 0.6) is 11.5 Å². The molecule has 1 N–H and O–H groups in total. The number of ether oxygens (including phenoxy) is 2. The Labute approximate surface area is 160 Å². The number of benzene rings is 1. The maximum atomic E-state index is 12.0. The van der Waals surface area contributed by atoms with E-state index in [1.54, 1.807) is 31.4 Å². The number of nitrogens with zero attached hydrogens (tertiary/aromatic N) is 2. The minimum Gasteiger partial charge on any atom is -0.497 e. The lowest BCUT2D eigenvalue weighted by atomic mass is 9.99. The third-order valence-electron chi connectivity index (χ3n) is 4.84. The molecule has 1 saturated heterocycles. The van der Waals surface area contributed by atoms with Crippen LogP contribution in [0.3, 0.4) is 0 Å². The highest BCUT2D eigenvalue weighted by molar-refractivity contribution is 5.77. The number of nitrogens with one attached hydrogen (secondary N) is 1. The first kappa shape index (κ1) is 19.0. The first-order valence-corrected chi connectivity index (χ1v) is 9.37. The monoisotopic (exact) mass is 369 g/mol. The van der Waals surface area contributed by atoms with Crippen LogP contribution < -0.4 is 19.7 Å². The average Bonchev–Trinajstić information content (AvgIpc) is 2.72. The van der Waals surface area contributed by atoms with Crippen molar-refractivity contribution < 1.29 is 14.3 Å². The zero-order valence-electron chi connectivity index (χ0n) is 16.0. The van der Waals surface area contributed by atoms with Gasteiger partial charge in [0.15, 0.2) is 6.61 Å². The van der Waals surface area contributed by atoms with Crippen molar-refractivity contribution in [2.24, 2.45) is 5.92 Å². The summed E-state index contributed by atoms with van der Waals surface area (Å²) in [5, 5.41) is 2.85. The molecule has 2 heterocycles. The molecule has 1 aliphatic rings. The molecular weight excluding hydrogens is 342 g/mol. The Balaban J connectivity index is 1.41. The molecule has 0 saturated carbocycles. The highest BCUT2D eigenvalue weighted by Gasteiger charge is 2.16. The zero-order valence-corrected chi connectivity index (χ0v) is 16.0. The first-order valence-electron chi connectivity index (χ1n) is 9.37. The lowest BCUT2D eigenvalue weighted by Gasteiger charge is -2.31. The zero-order chi connectivity index (χ0) is 19.1. The molecule has 0 spiro atoms. The second-order valence-corrected chi connectivity index (χ2v) is 6.94. The SMILES string of the molecule is COc1ccc(OCC(=O)NCc2ccc(N3CCC(C)CC3)nc2)cc1. The van der Waals surface area contributed by atoms with Gasteiger partial charge in [0.05, 0.1) is 7.11 Å². The molecule has 27 heavy (non-hydrogen) atoms. The molecule has 1 fully saturated rings. The molecule has 0 aliphatic carbocycles. The number of anilines is 1. The van der Waals surface area contributed by atoms with Gasteiger partial charge >= 0.3 is 0 Å². The molecule has 2 aromatic rings. The Morgan fingerprint density at radius 1 is 1.15 bits per heavy atom. The van der Waals surface area contributed by atoms with Crippen molar-refractivity contribution in [1.82, 2.24) is 10.3 Å². The van der Waals surface area contributed by atoms with E-state index in [9.17, 15) is 4.79 Å². The van der Waals surface area contributed by atoms with Crippen LogP contribution in [-0.2, 0) is 11.3 Å². The summed E-state index contributed by atoms with van der Waals surface area (Å²) < 4.78 is 10.6. The molecule has 1 amide bonds. The molecule has 0 bridgehead atoms. The summed E-state index contributed by atoms with van der Waals surface area (Å²) in [5.41, 5.74) is 0.974. The molecule has 6 nitrogen and oxygen atoms in total. The van der Waals surface area contributed by atoms with E-state index in [2.05, 4.69) is 22.1 Å². The Morgan fingerprint density at radius 3 is 2.48 bits per heavy atom.